The van der Waals surface area contributed by atoms with Gasteiger partial charge in [0, 0.05) is 18.2 Å². The van der Waals surface area contributed by atoms with Gasteiger partial charge in [-0.05, 0) is 18.9 Å². The van der Waals surface area contributed by atoms with Crippen LogP contribution in [0.1, 0.15) is 12.8 Å². The first-order valence-electron chi connectivity index (χ1n) is 5.24. The van der Waals surface area contributed by atoms with Crippen LogP contribution in [-0.4, -0.2) is 21.3 Å². The van der Waals surface area contributed by atoms with Gasteiger partial charge in [-0.25, -0.2) is 4.79 Å². The highest BCUT2D eigenvalue weighted by Gasteiger charge is 2.31. The number of rotatable bonds is 3. The summed E-state index contributed by atoms with van der Waals surface area (Å²) in [5.74, 6) is 0.226. The summed E-state index contributed by atoms with van der Waals surface area (Å²) in [5, 5.41) is 9.42. The second kappa shape index (κ2) is 4.09. The van der Waals surface area contributed by atoms with Crippen molar-refractivity contribution in [3.63, 3.8) is 0 Å². The van der Waals surface area contributed by atoms with E-state index >= 15 is 0 Å². The Labute approximate surface area is 93.2 Å². The van der Waals surface area contributed by atoms with Crippen molar-refractivity contribution < 1.29 is 5.11 Å². The summed E-state index contributed by atoms with van der Waals surface area (Å²) >= 11 is 0. The van der Waals surface area contributed by atoms with Crippen molar-refractivity contribution in [3.05, 3.63) is 34.9 Å². The Morgan fingerprint density at radius 1 is 1.50 bits per heavy atom. The van der Waals surface area contributed by atoms with Gasteiger partial charge in [0.05, 0.1) is 6.61 Å². The Morgan fingerprint density at radius 3 is 2.75 bits per heavy atom. The number of anilines is 1. The SMILES string of the molecule is Nc1ccn(CC2(CO)CC=CC2)c(=O)n1. The zero-order valence-electron chi connectivity index (χ0n) is 8.97. The fourth-order valence-electron chi connectivity index (χ4n) is 1.98. The molecule has 5 nitrogen and oxygen atoms in total. The molecule has 0 unspecified atom stereocenters. The summed E-state index contributed by atoms with van der Waals surface area (Å²) in [7, 11) is 0. The van der Waals surface area contributed by atoms with Crippen LogP contribution in [0.25, 0.3) is 0 Å². The maximum atomic E-state index is 11.6. The quantitative estimate of drug-likeness (QED) is 0.712. The molecule has 1 aromatic rings. The average Bonchev–Trinajstić information content (AvgIpc) is 2.72. The van der Waals surface area contributed by atoms with Crippen molar-refractivity contribution in [2.45, 2.75) is 19.4 Å². The van der Waals surface area contributed by atoms with Crippen molar-refractivity contribution in [2.75, 3.05) is 12.3 Å². The van der Waals surface area contributed by atoms with Crippen molar-refractivity contribution in [1.82, 2.24) is 9.55 Å². The third-order valence-electron chi connectivity index (χ3n) is 3.01. The highest BCUT2D eigenvalue weighted by molar-refractivity contribution is 5.23. The summed E-state index contributed by atoms with van der Waals surface area (Å²) in [6, 6.07) is 1.59. The molecule has 0 aliphatic heterocycles. The number of nitrogen functional groups attached to an aromatic ring is 1. The molecule has 0 radical (unpaired) electrons. The predicted octanol–water partition coefficient (Wildman–Crippen LogP) is 0.154. The monoisotopic (exact) mass is 221 g/mol. The molecule has 0 aromatic carbocycles. The summed E-state index contributed by atoms with van der Waals surface area (Å²) < 4.78 is 1.50. The normalized spacial score (nSPS) is 17.8. The van der Waals surface area contributed by atoms with E-state index in [1.54, 1.807) is 12.3 Å². The van der Waals surface area contributed by atoms with Crippen molar-refractivity contribution in [3.8, 4) is 0 Å². The van der Waals surface area contributed by atoms with Gasteiger partial charge >= 0.3 is 5.69 Å². The van der Waals surface area contributed by atoms with Crippen LogP contribution in [0.15, 0.2) is 29.2 Å². The third-order valence-corrected chi connectivity index (χ3v) is 3.01. The number of hydrogen-bond donors (Lipinski definition) is 2. The first-order chi connectivity index (χ1) is 7.65. The Kier molecular flexibility index (Phi) is 2.78. The number of aliphatic hydroxyl groups is 1. The Hall–Kier alpha value is -1.62. The van der Waals surface area contributed by atoms with E-state index in [2.05, 4.69) is 4.98 Å². The van der Waals surface area contributed by atoms with Crippen molar-refractivity contribution >= 4 is 5.82 Å². The lowest BCUT2D eigenvalue weighted by atomic mass is 9.86. The van der Waals surface area contributed by atoms with Crippen LogP contribution < -0.4 is 11.4 Å². The number of aromatic nitrogens is 2. The van der Waals surface area contributed by atoms with E-state index in [9.17, 15) is 9.90 Å². The summed E-state index contributed by atoms with van der Waals surface area (Å²) in [6.45, 7) is 0.541. The van der Waals surface area contributed by atoms with E-state index in [4.69, 9.17) is 5.73 Å². The predicted molar refractivity (Wildman–Crippen MR) is 60.8 cm³/mol. The van der Waals surface area contributed by atoms with Crippen LogP contribution in [0, 0.1) is 5.41 Å². The average molecular weight is 221 g/mol. The van der Waals surface area contributed by atoms with Gasteiger partial charge in [0.15, 0.2) is 0 Å². The summed E-state index contributed by atoms with van der Waals surface area (Å²) in [6.07, 6.45) is 7.28. The number of allylic oxidation sites excluding steroid dienone is 2. The van der Waals surface area contributed by atoms with Crippen LogP contribution in [0.3, 0.4) is 0 Å². The fourth-order valence-corrected chi connectivity index (χ4v) is 1.98. The molecular weight excluding hydrogens is 206 g/mol. The van der Waals surface area contributed by atoms with E-state index < -0.39 is 0 Å². The first-order valence-corrected chi connectivity index (χ1v) is 5.24. The molecule has 1 aliphatic carbocycles. The van der Waals surface area contributed by atoms with E-state index in [0.717, 1.165) is 12.8 Å². The summed E-state index contributed by atoms with van der Waals surface area (Å²) in [4.78, 5) is 15.2. The lowest BCUT2D eigenvalue weighted by molar-refractivity contribution is 0.115. The van der Waals surface area contributed by atoms with E-state index in [-0.39, 0.29) is 23.5 Å². The molecule has 86 valence electrons. The minimum atomic E-state index is -0.361. The molecule has 3 N–H and O–H groups in total. The molecule has 1 aromatic heterocycles. The smallest absolute Gasteiger partial charge is 0.349 e. The van der Waals surface area contributed by atoms with Crippen molar-refractivity contribution in [1.29, 1.82) is 0 Å². The van der Waals surface area contributed by atoms with Gasteiger partial charge in [0.25, 0.3) is 0 Å². The number of nitrogens with two attached hydrogens (primary N) is 1. The van der Waals surface area contributed by atoms with E-state index in [1.165, 1.54) is 4.57 Å². The third kappa shape index (κ3) is 1.99. The molecule has 16 heavy (non-hydrogen) atoms. The first kappa shape index (κ1) is 10.9. The number of aliphatic hydroxyl groups excluding tert-OH is 1. The van der Waals surface area contributed by atoms with Crippen LogP contribution >= 0.6 is 0 Å². The van der Waals surface area contributed by atoms with Gasteiger partial charge in [-0.1, -0.05) is 12.2 Å². The molecule has 0 spiro atoms. The van der Waals surface area contributed by atoms with Crippen molar-refractivity contribution in [2.24, 2.45) is 5.41 Å². The number of nitrogens with zero attached hydrogens (tertiary/aromatic N) is 2. The standard InChI is InChI=1S/C11H15N3O2/c12-9-3-6-14(10(16)13-9)7-11(8-15)4-1-2-5-11/h1-3,6,15H,4-5,7-8H2,(H2,12,13,16). The number of hydrogen-bond acceptors (Lipinski definition) is 4. The zero-order chi connectivity index (χ0) is 11.6. The summed E-state index contributed by atoms with van der Waals surface area (Å²) in [5.41, 5.74) is 4.81. The lowest BCUT2D eigenvalue weighted by Gasteiger charge is -2.26. The van der Waals surface area contributed by atoms with E-state index in [0.29, 0.717) is 6.54 Å². The fraction of sp³-hybridized carbons (Fsp3) is 0.455. The molecule has 0 amide bonds. The molecule has 0 atom stereocenters. The molecular formula is C11H15N3O2. The topological polar surface area (TPSA) is 81.1 Å². The van der Waals surface area contributed by atoms with Gasteiger partial charge in [-0.2, -0.15) is 4.98 Å². The maximum absolute atomic E-state index is 11.6. The van der Waals surface area contributed by atoms with Gasteiger partial charge in [-0.3, -0.25) is 4.57 Å². The van der Waals surface area contributed by atoms with Gasteiger partial charge in [0.2, 0.25) is 0 Å². The minimum absolute atomic E-state index is 0.0663. The zero-order valence-corrected chi connectivity index (χ0v) is 8.97. The van der Waals surface area contributed by atoms with Crippen LogP contribution in [0.4, 0.5) is 5.82 Å². The molecule has 5 heteroatoms. The lowest BCUT2D eigenvalue weighted by Crippen LogP contribution is -2.34. The van der Waals surface area contributed by atoms with E-state index in [1.807, 2.05) is 12.2 Å². The molecule has 2 rings (SSSR count). The molecule has 0 bridgehead atoms. The highest BCUT2D eigenvalue weighted by atomic mass is 16.3. The largest absolute Gasteiger partial charge is 0.396 e. The molecule has 0 saturated carbocycles. The molecule has 0 fully saturated rings. The van der Waals surface area contributed by atoms with Gasteiger partial charge in [-0.15, -0.1) is 0 Å². The second-order valence-corrected chi connectivity index (χ2v) is 4.30. The highest BCUT2D eigenvalue weighted by Crippen LogP contribution is 2.33. The Morgan fingerprint density at radius 2 is 2.19 bits per heavy atom. The Balaban J connectivity index is 2.23. The van der Waals surface area contributed by atoms with Crippen LogP contribution in [0.2, 0.25) is 0 Å². The van der Waals surface area contributed by atoms with Crippen LogP contribution in [-0.2, 0) is 6.54 Å². The van der Waals surface area contributed by atoms with Crippen LogP contribution in [0.5, 0.6) is 0 Å². The molecule has 0 saturated heterocycles. The van der Waals surface area contributed by atoms with Gasteiger partial charge < -0.3 is 10.8 Å². The molecule has 1 aliphatic rings. The van der Waals surface area contributed by atoms with Gasteiger partial charge in [0.1, 0.15) is 5.82 Å². The minimum Gasteiger partial charge on any atom is -0.396 e. The second-order valence-electron chi connectivity index (χ2n) is 4.30. The maximum Gasteiger partial charge on any atom is 0.349 e. The molecule has 1 heterocycles. The Bertz CT molecular complexity index is 457.